The molecule has 196 valence electrons. The molecule has 4 rings (SSSR count). The van der Waals surface area contributed by atoms with E-state index in [4.69, 9.17) is 9.47 Å². The molecule has 0 bridgehead atoms. The van der Waals surface area contributed by atoms with Crippen LogP contribution in [0, 0.1) is 6.92 Å². The van der Waals surface area contributed by atoms with Crippen LogP contribution >= 0.6 is 0 Å². The number of hydrogen-bond donors (Lipinski definition) is 0. The Bertz CT molecular complexity index is 1180. The molecule has 2 amide bonds. The number of hydrogen-bond acceptors (Lipinski definition) is 5. The molecule has 7 nitrogen and oxygen atoms in total. The summed E-state index contributed by atoms with van der Waals surface area (Å²) in [5.74, 6) is -0.809. The molecule has 0 spiro atoms. The van der Waals surface area contributed by atoms with Crippen molar-refractivity contribution < 1.29 is 23.9 Å². The van der Waals surface area contributed by atoms with Crippen molar-refractivity contribution >= 4 is 17.8 Å². The first-order valence-electron chi connectivity index (χ1n) is 13.0. The van der Waals surface area contributed by atoms with Crippen molar-refractivity contribution in [2.24, 2.45) is 0 Å². The van der Waals surface area contributed by atoms with Crippen molar-refractivity contribution in [1.29, 1.82) is 0 Å². The van der Waals surface area contributed by atoms with Gasteiger partial charge < -0.3 is 19.3 Å². The third-order valence-electron chi connectivity index (χ3n) is 7.05. The van der Waals surface area contributed by atoms with E-state index in [0.29, 0.717) is 36.5 Å². The molecule has 0 saturated carbocycles. The third kappa shape index (κ3) is 5.93. The number of esters is 1. The minimum Gasteiger partial charge on any atom is -0.463 e. The molecule has 1 saturated heterocycles. The number of rotatable bonds is 6. The van der Waals surface area contributed by atoms with Crippen LogP contribution in [0.5, 0.6) is 0 Å². The Balaban J connectivity index is 1.56. The van der Waals surface area contributed by atoms with Gasteiger partial charge in [-0.25, -0.2) is 4.79 Å². The minimum atomic E-state index is -0.391. The fourth-order valence-electron chi connectivity index (χ4n) is 5.22. The van der Waals surface area contributed by atoms with Crippen LogP contribution in [0.2, 0.25) is 0 Å². The Morgan fingerprint density at radius 1 is 0.973 bits per heavy atom. The van der Waals surface area contributed by atoms with Gasteiger partial charge in [-0.1, -0.05) is 42.0 Å². The number of ether oxygens (including phenoxy) is 2. The van der Waals surface area contributed by atoms with Crippen molar-refractivity contribution in [3.05, 3.63) is 82.1 Å². The number of amides is 2. The van der Waals surface area contributed by atoms with E-state index < -0.39 is 5.97 Å². The van der Waals surface area contributed by atoms with Gasteiger partial charge in [0.25, 0.3) is 5.91 Å². The molecule has 0 radical (unpaired) electrons. The van der Waals surface area contributed by atoms with Crippen molar-refractivity contribution in [2.75, 3.05) is 19.7 Å². The Morgan fingerprint density at radius 2 is 1.59 bits per heavy atom. The van der Waals surface area contributed by atoms with Crippen molar-refractivity contribution in [2.45, 2.75) is 65.7 Å². The number of nitrogens with zero attached hydrogens (tertiary/aromatic N) is 2. The molecule has 2 aromatic rings. The molecule has 0 aromatic heterocycles. The zero-order chi connectivity index (χ0) is 26.7. The second-order valence-electron chi connectivity index (χ2n) is 10.0. The lowest BCUT2D eigenvalue weighted by atomic mass is 9.83. The summed E-state index contributed by atoms with van der Waals surface area (Å²) >= 11 is 0. The Labute approximate surface area is 219 Å². The second kappa shape index (κ2) is 11.3. The number of aryl methyl sites for hydroxylation is 1. The molecule has 2 aromatic carbocycles. The van der Waals surface area contributed by atoms with Gasteiger partial charge in [0.1, 0.15) is 0 Å². The number of carbonyl (C=O) groups excluding carboxylic acids is 3. The van der Waals surface area contributed by atoms with Crippen LogP contribution in [-0.2, 0) is 25.6 Å². The average molecular weight is 505 g/mol. The number of benzene rings is 2. The first-order chi connectivity index (χ1) is 17.7. The van der Waals surface area contributed by atoms with Gasteiger partial charge in [-0.15, -0.1) is 0 Å². The molecule has 1 fully saturated rings. The van der Waals surface area contributed by atoms with Crippen LogP contribution in [0.25, 0.3) is 0 Å². The number of allylic oxidation sites excluding steroid dienone is 1. The summed E-state index contributed by atoms with van der Waals surface area (Å²) in [4.78, 5) is 42.8. The SMILES string of the molecule is CCOC(=O)C1=C(C)N(Cc2ccc(C(=O)N3CC(C)OC(C)C3)cc2)C(=O)CC1c1ccc(C)cc1. The Kier molecular flexibility index (Phi) is 8.13. The quantitative estimate of drug-likeness (QED) is 0.538. The minimum absolute atomic E-state index is 0.00387. The van der Waals surface area contributed by atoms with Gasteiger partial charge in [0.15, 0.2) is 0 Å². The standard InChI is InChI=1S/C30H36N2O5/c1-6-36-30(35)28-22(5)32(27(33)15-26(28)24-11-7-19(2)8-12-24)18-23-9-13-25(14-10-23)29(34)31-16-20(3)37-21(4)17-31/h7-14,20-21,26H,6,15-18H2,1-5H3. The first-order valence-corrected chi connectivity index (χ1v) is 13.0. The van der Waals surface area contributed by atoms with Crippen molar-refractivity contribution in [3.8, 4) is 0 Å². The molecule has 2 heterocycles. The highest BCUT2D eigenvalue weighted by molar-refractivity contribution is 5.96. The van der Waals surface area contributed by atoms with Gasteiger partial charge >= 0.3 is 5.97 Å². The van der Waals surface area contributed by atoms with E-state index in [-0.39, 0.29) is 43.0 Å². The maximum atomic E-state index is 13.3. The predicted molar refractivity (Wildman–Crippen MR) is 141 cm³/mol. The summed E-state index contributed by atoms with van der Waals surface area (Å²) < 4.78 is 11.1. The van der Waals surface area contributed by atoms with Crippen LogP contribution in [0.1, 0.15) is 67.1 Å². The van der Waals surface area contributed by atoms with E-state index >= 15 is 0 Å². The van der Waals surface area contributed by atoms with Crippen molar-refractivity contribution in [3.63, 3.8) is 0 Å². The van der Waals surface area contributed by atoms with Gasteiger partial charge in [0, 0.05) is 36.7 Å². The lowest BCUT2D eigenvalue weighted by Crippen LogP contribution is -2.48. The highest BCUT2D eigenvalue weighted by Crippen LogP contribution is 2.37. The molecule has 2 aliphatic heterocycles. The lowest BCUT2D eigenvalue weighted by Gasteiger charge is -2.35. The summed E-state index contributed by atoms with van der Waals surface area (Å²) in [5.41, 5.74) is 4.66. The van der Waals surface area contributed by atoms with Gasteiger partial charge in [0.05, 0.1) is 30.9 Å². The zero-order valence-electron chi connectivity index (χ0n) is 22.3. The summed E-state index contributed by atoms with van der Waals surface area (Å²) in [6.07, 6.45) is 0.201. The molecular weight excluding hydrogens is 468 g/mol. The first kappa shape index (κ1) is 26.6. The number of carbonyl (C=O) groups is 3. The summed E-state index contributed by atoms with van der Waals surface area (Å²) in [6.45, 7) is 11.2. The zero-order valence-corrected chi connectivity index (χ0v) is 22.3. The Hall–Kier alpha value is -3.45. The Morgan fingerprint density at radius 3 is 2.19 bits per heavy atom. The van der Waals surface area contributed by atoms with Gasteiger partial charge in [0.2, 0.25) is 5.91 Å². The molecular formula is C30H36N2O5. The van der Waals surface area contributed by atoms with Crippen molar-refractivity contribution in [1.82, 2.24) is 9.80 Å². The van der Waals surface area contributed by atoms with E-state index in [1.807, 2.05) is 69.0 Å². The summed E-state index contributed by atoms with van der Waals surface area (Å²) in [6, 6.07) is 15.3. The van der Waals surface area contributed by atoms with Crippen LogP contribution in [0.3, 0.4) is 0 Å². The molecule has 3 atom stereocenters. The summed E-state index contributed by atoms with van der Waals surface area (Å²) in [5, 5.41) is 0. The maximum Gasteiger partial charge on any atom is 0.336 e. The highest BCUT2D eigenvalue weighted by atomic mass is 16.5. The van der Waals surface area contributed by atoms with Crippen LogP contribution in [0.15, 0.2) is 59.8 Å². The van der Waals surface area contributed by atoms with E-state index in [1.54, 1.807) is 24.0 Å². The van der Waals surface area contributed by atoms with Gasteiger partial charge in [-0.2, -0.15) is 0 Å². The third-order valence-corrected chi connectivity index (χ3v) is 7.05. The molecule has 0 aliphatic carbocycles. The maximum absolute atomic E-state index is 13.3. The summed E-state index contributed by atoms with van der Waals surface area (Å²) in [7, 11) is 0. The topological polar surface area (TPSA) is 76.2 Å². The van der Waals surface area contributed by atoms with E-state index in [9.17, 15) is 14.4 Å². The molecule has 2 aliphatic rings. The average Bonchev–Trinajstić information content (AvgIpc) is 2.86. The molecule has 0 N–H and O–H groups in total. The normalized spacial score (nSPS) is 22.3. The second-order valence-corrected chi connectivity index (χ2v) is 10.0. The van der Waals surface area contributed by atoms with Crippen LogP contribution in [0.4, 0.5) is 0 Å². The van der Waals surface area contributed by atoms with Crippen LogP contribution < -0.4 is 0 Å². The largest absolute Gasteiger partial charge is 0.463 e. The molecule has 37 heavy (non-hydrogen) atoms. The molecule has 3 unspecified atom stereocenters. The molecule has 7 heteroatoms. The highest BCUT2D eigenvalue weighted by Gasteiger charge is 2.37. The fraction of sp³-hybridized carbons (Fsp3) is 0.433. The smallest absolute Gasteiger partial charge is 0.336 e. The van der Waals surface area contributed by atoms with E-state index in [1.165, 1.54) is 0 Å². The van der Waals surface area contributed by atoms with E-state index in [0.717, 1.165) is 16.7 Å². The van der Waals surface area contributed by atoms with Gasteiger partial charge in [-0.05, 0) is 57.9 Å². The van der Waals surface area contributed by atoms with Crippen LogP contribution in [-0.4, -0.2) is 59.5 Å². The monoisotopic (exact) mass is 504 g/mol. The van der Waals surface area contributed by atoms with E-state index in [2.05, 4.69) is 0 Å². The number of morpholine rings is 1. The lowest BCUT2D eigenvalue weighted by molar-refractivity contribution is -0.140. The fourth-order valence-corrected chi connectivity index (χ4v) is 5.22. The predicted octanol–water partition coefficient (Wildman–Crippen LogP) is 4.60. The van der Waals surface area contributed by atoms with Gasteiger partial charge in [-0.3, -0.25) is 9.59 Å².